The van der Waals surface area contributed by atoms with E-state index >= 15 is 0 Å². The van der Waals surface area contributed by atoms with Crippen molar-refractivity contribution in [3.8, 4) is 5.75 Å². The predicted molar refractivity (Wildman–Crippen MR) is 92.3 cm³/mol. The minimum Gasteiger partial charge on any atom is -0.488 e. The van der Waals surface area contributed by atoms with E-state index < -0.39 is 0 Å². The molecule has 1 heterocycles. The number of halogens is 2. The van der Waals surface area contributed by atoms with E-state index in [4.69, 9.17) is 27.9 Å². The van der Waals surface area contributed by atoms with E-state index in [1.54, 1.807) is 4.68 Å². The van der Waals surface area contributed by atoms with Gasteiger partial charge in [-0.3, -0.25) is 0 Å². The summed E-state index contributed by atoms with van der Waals surface area (Å²) in [4.78, 5) is 0. The van der Waals surface area contributed by atoms with Gasteiger partial charge in [-0.25, -0.2) is 4.68 Å². The minimum absolute atomic E-state index is 0.0113. The maximum Gasteiger partial charge on any atom is 0.243 e. The predicted octanol–water partition coefficient (Wildman–Crippen LogP) is 4.18. The fourth-order valence-electron chi connectivity index (χ4n) is 2.03. The van der Waals surface area contributed by atoms with Crippen LogP contribution in [-0.4, -0.2) is 26.3 Å². The van der Waals surface area contributed by atoms with Crippen molar-refractivity contribution in [3.63, 3.8) is 0 Å². The van der Waals surface area contributed by atoms with Gasteiger partial charge in [0.15, 0.2) is 5.75 Å². The normalized spacial score (nSPS) is 11.0. The molecule has 0 fully saturated rings. The summed E-state index contributed by atoms with van der Waals surface area (Å²) in [6.45, 7) is 7.29. The Morgan fingerprint density at radius 1 is 1.26 bits per heavy atom. The summed E-state index contributed by atoms with van der Waals surface area (Å²) in [6.07, 6.45) is 2.12. The Bertz CT molecular complexity index is 622. The molecule has 0 saturated carbocycles. The molecule has 23 heavy (non-hydrogen) atoms. The first-order valence-corrected chi connectivity index (χ1v) is 8.41. The van der Waals surface area contributed by atoms with Crippen LogP contribution >= 0.6 is 23.2 Å². The highest BCUT2D eigenvalue weighted by molar-refractivity contribution is 6.37. The molecule has 0 aliphatic carbocycles. The number of hydrogen-bond acceptors (Lipinski definition) is 5. The molecular formula is C15H21Cl2N5O. The molecule has 1 aromatic heterocycles. The van der Waals surface area contributed by atoms with Crippen molar-refractivity contribution in [3.05, 3.63) is 27.7 Å². The van der Waals surface area contributed by atoms with Gasteiger partial charge in [0.25, 0.3) is 0 Å². The topological polar surface area (TPSA) is 64.9 Å². The van der Waals surface area contributed by atoms with Crippen LogP contribution in [-0.2, 0) is 13.1 Å². The summed E-state index contributed by atoms with van der Waals surface area (Å²) in [5.74, 6) is 1.15. The maximum absolute atomic E-state index is 6.26. The van der Waals surface area contributed by atoms with Crippen molar-refractivity contribution in [2.45, 2.75) is 52.8 Å². The van der Waals surface area contributed by atoms with Crippen LogP contribution in [0.4, 0.5) is 5.95 Å². The number of ether oxygens (including phenoxy) is 1. The Labute approximate surface area is 146 Å². The van der Waals surface area contributed by atoms with Crippen LogP contribution in [0.5, 0.6) is 5.75 Å². The van der Waals surface area contributed by atoms with Crippen LogP contribution in [0.2, 0.25) is 10.0 Å². The molecular weight excluding hydrogens is 337 g/mol. The number of tetrazole rings is 1. The number of anilines is 1. The zero-order chi connectivity index (χ0) is 16.8. The van der Waals surface area contributed by atoms with Gasteiger partial charge in [-0.05, 0) is 48.4 Å². The standard InChI is InChI=1S/C15H21Cl2N5O/c1-4-5-6-22-15(19-20-21-22)18-9-11-7-12(16)14(13(17)8-11)23-10(2)3/h7-8,10H,4-6,9H2,1-3H3,(H,18,19,21). The third-order valence-electron chi connectivity index (χ3n) is 3.12. The van der Waals surface area contributed by atoms with Gasteiger partial charge in [0, 0.05) is 13.1 Å². The summed E-state index contributed by atoms with van der Waals surface area (Å²) < 4.78 is 7.38. The number of aryl methyl sites for hydroxylation is 1. The van der Waals surface area contributed by atoms with Crippen molar-refractivity contribution >= 4 is 29.2 Å². The SMILES string of the molecule is CCCCn1nnnc1NCc1cc(Cl)c(OC(C)C)c(Cl)c1. The van der Waals surface area contributed by atoms with Gasteiger partial charge in [0.05, 0.1) is 16.1 Å². The first-order chi connectivity index (χ1) is 11.0. The van der Waals surface area contributed by atoms with Gasteiger partial charge >= 0.3 is 0 Å². The molecule has 6 nitrogen and oxygen atoms in total. The number of rotatable bonds is 8. The van der Waals surface area contributed by atoms with Crippen LogP contribution in [0.3, 0.4) is 0 Å². The Morgan fingerprint density at radius 2 is 1.96 bits per heavy atom. The highest BCUT2D eigenvalue weighted by Gasteiger charge is 2.12. The molecule has 2 rings (SSSR count). The summed E-state index contributed by atoms with van der Waals surface area (Å²) in [5, 5.41) is 15.8. The summed E-state index contributed by atoms with van der Waals surface area (Å²) >= 11 is 12.5. The molecule has 0 aliphatic rings. The summed E-state index contributed by atoms with van der Waals surface area (Å²) in [7, 11) is 0. The fourth-order valence-corrected chi connectivity index (χ4v) is 2.65. The molecule has 0 radical (unpaired) electrons. The number of nitrogens with one attached hydrogen (secondary N) is 1. The van der Waals surface area contributed by atoms with E-state index in [-0.39, 0.29) is 6.10 Å². The second-order valence-corrected chi connectivity index (χ2v) is 6.30. The molecule has 1 N–H and O–H groups in total. The first-order valence-electron chi connectivity index (χ1n) is 7.65. The van der Waals surface area contributed by atoms with E-state index in [1.807, 2.05) is 26.0 Å². The van der Waals surface area contributed by atoms with Crippen LogP contribution in [0.25, 0.3) is 0 Å². The Balaban J connectivity index is 2.05. The molecule has 0 bridgehead atoms. The lowest BCUT2D eigenvalue weighted by Crippen LogP contribution is -2.10. The van der Waals surface area contributed by atoms with Crippen molar-refractivity contribution < 1.29 is 4.74 Å². The van der Waals surface area contributed by atoms with E-state index in [9.17, 15) is 0 Å². The van der Waals surface area contributed by atoms with E-state index in [0.29, 0.717) is 28.3 Å². The Morgan fingerprint density at radius 3 is 2.57 bits per heavy atom. The van der Waals surface area contributed by atoms with E-state index in [2.05, 4.69) is 27.8 Å². The van der Waals surface area contributed by atoms with Crippen LogP contribution < -0.4 is 10.1 Å². The molecule has 2 aromatic rings. The number of aromatic nitrogens is 4. The molecule has 0 atom stereocenters. The number of hydrogen-bond donors (Lipinski definition) is 1. The van der Waals surface area contributed by atoms with Crippen molar-refractivity contribution in [2.75, 3.05) is 5.32 Å². The van der Waals surface area contributed by atoms with Gasteiger partial charge in [-0.1, -0.05) is 41.6 Å². The van der Waals surface area contributed by atoms with Crippen molar-refractivity contribution in [1.29, 1.82) is 0 Å². The smallest absolute Gasteiger partial charge is 0.243 e. The maximum atomic E-state index is 6.26. The molecule has 0 spiro atoms. The lowest BCUT2D eigenvalue weighted by Gasteiger charge is -2.14. The molecule has 0 unspecified atom stereocenters. The van der Waals surface area contributed by atoms with Crippen LogP contribution in [0, 0.1) is 0 Å². The van der Waals surface area contributed by atoms with Gasteiger partial charge in [0.1, 0.15) is 0 Å². The second-order valence-electron chi connectivity index (χ2n) is 5.49. The lowest BCUT2D eigenvalue weighted by atomic mass is 10.2. The fraction of sp³-hybridized carbons (Fsp3) is 0.533. The van der Waals surface area contributed by atoms with Crippen molar-refractivity contribution in [2.24, 2.45) is 0 Å². The highest BCUT2D eigenvalue weighted by atomic mass is 35.5. The van der Waals surface area contributed by atoms with Crippen LogP contribution in [0.1, 0.15) is 39.2 Å². The highest BCUT2D eigenvalue weighted by Crippen LogP contribution is 2.35. The largest absolute Gasteiger partial charge is 0.488 e. The van der Waals surface area contributed by atoms with Gasteiger partial charge < -0.3 is 10.1 Å². The molecule has 126 valence electrons. The average Bonchev–Trinajstić information content (AvgIpc) is 2.94. The second kappa shape index (κ2) is 8.36. The number of unbranched alkanes of at least 4 members (excludes halogenated alkanes) is 1. The molecule has 0 aliphatic heterocycles. The Hall–Kier alpha value is -1.53. The van der Waals surface area contributed by atoms with Crippen LogP contribution in [0.15, 0.2) is 12.1 Å². The zero-order valence-electron chi connectivity index (χ0n) is 13.5. The lowest BCUT2D eigenvalue weighted by molar-refractivity contribution is 0.242. The molecule has 0 saturated heterocycles. The van der Waals surface area contributed by atoms with Crippen molar-refractivity contribution in [1.82, 2.24) is 20.2 Å². The molecule has 1 aromatic carbocycles. The quantitative estimate of drug-likeness (QED) is 0.767. The van der Waals surface area contributed by atoms with Gasteiger partial charge in [0.2, 0.25) is 5.95 Å². The van der Waals surface area contributed by atoms with E-state index in [0.717, 1.165) is 24.9 Å². The monoisotopic (exact) mass is 357 g/mol. The third kappa shape index (κ3) is 4.97. The van der Waals surface area contributed by atoms with Gasteiger partial charge in [-0.15, -0.1) is 0 Å². The number of benzene rings is 1. The minimum atomic E-state index is 0.0113. The molecule has 0 amide bonds. The average molecular weight is 358 g/mol. The van der Waals surface area contributed by atoms with E-state index in [1.165, 1.54) is 0 Å². The molecule has 8 heteroatoms. The number of nitrogens with zero attached hydrogens (tertiary/aromatic N) is 4. The third-order valence-corrected chi connectivity index (χ3v) is 3.68. The summed E-state index contributed by atoms with van der Waals surface area (Å²) in [5.41, 5.74) is 0.932. The van der Waals surface area contributed by atoms with Gasteiger partial charge in [-0.2, -0.15) is 0 Å². The zero-order valence-corrected chi connectivity index (χ0v) is 15.0. The summed E-state index contributed by atoms with van der Waals surface area (Å²) in [6, 6.07) is 3.66. The Kier molecular flexibility index (Phi) is 6.47. The first kappa shape index (κ1) is 17.8.